The predicted octanol–water partition coefficient (Wildman–Crippen LogP) is 3.29. The van der Waals surface area contributed by atoms with E-state index in [2.05, 4.69) is 9.36 Å². The highest BCUT2D eigenvalue weighted by molar-refractivity contribution is 7.89. The highest BCUT2D eigenvalue weighted by atomic mass is 32.2. The Kier molecular flexibility index (Phi) is 8.05. The van der Waals surface area contributed by atoms with Crippen molar-refractivity contribution in [3.63, 3.8) is 0 Å². The Morgan fingerprint density at radius 2 is 1.72 bits per heavy atom. The van der Waals surface area contributed by atoms with Crippen LogP contribution in [0.5, 0.6) is 11.5 Å². The highest BCUT2D eigenvalue weighted by Crippen LogP contribution is 2.22. The van der Waals surface area contributed by atoms with Crippen molar-refractivity contribution in [1.29, 1.82) is 0 Å². The molecule has 0 saturated carbocycles. The molecule has 0 unspecified atom stereocenters. The van der Waals surface area contributed by atoms with Gasteiger partial charge in [0.25, 0.3) is 0 Å². The van der Waals surface area contributed by atoms with Crippen LogP contribution in [0, 0.1) is 0 Å². The lowest BCUT2D eigenvalue weighted by Crippen LogP contribution is -2.36. The molecule has 0 aliphatic heterocycles. The van der Waals surface area contributed by atoms with Gasteiger partial charge in [0.05, 0.1) is 19.1 Å². The standard InChI is InChI=1S/C22H28N4O4S2/c1-5-26(14-13-25(2)32(27,28)20-11-9-18(29-3)10-12-20)22-23-21(24-31-22)16-17-7-6-8-19(15-17)30-4/h6-12,15H,5,13-14,16H2,1-4H3. The lowest BCUT2D eigenvalue weighted by Gasteiger charge is -2.23. The van der Waals surface area contributed by atoms with Gasteiger partial charge in [-0.05, 0) is 48.9 Å². The predicted molar refractivity (Wildman–Crippen MR) is 126 cm³/mol. The summed E-state index contributed by atoms with van der Waals surface area (Å²) in [5.74, 6) is 2.15. The van der Waals surface area contributed by atoms with Crippen LogP contribution in [0.4, 0.5) is 5.13 Å². The number of nitrogens with zero attached hydrogens (tertiary/aromatic N) is 4. The van der Waals surface area contributed by atoms with Gasteiger partial charge in [0.1, 0.15) is 17.3 Å². The Labute approximate surface area is 193 Å². The van der Waals surface area contributed by atoms with Crippen LogP contribution in [0.1, 0.15) is 18.3 Å². The van der Waals surface area contributed by atoms with Crippen molar-refractivity contribution in [1.82, 2.24) is 13.7 Å². The number of sulfonamides is 1. The van der Waals surface area contributed by atoms with E-state index >= 15 is 0 Å². The average molecular weight is 477 g/mol. The number of anilines is 1. The molecule has 32 heavy (non-hydrogen) atoms. The molecule has 0 N–H and O–H groups in total. The van der Waals surface area contributed by atoms with E-state index in [1.807, 2.05) is 36.1 Å². The molecule has 0 radical (unpaired) electrons. The molecule has 8 nitrogen and oxygen atoms in total. The van der Waals surface area contributed by atoms with Gasteiger partial charge < -0.3 is 14.4 Å². The molecule has 0 atom stereocenters. The first-order chi connectivity index (χ1) is 15.4. The first kappa shape index (κ1) is 24.0. The number of hydrogen-bond acceptors (Lipinski definition) is 8. The molecule has 3 aromatic rings. The summed E-state index contributed by atoms with van der Waals surface area (Å²) in [6, 6.07) is 14.2. The lowest BCUT2D eigenvalue weighted by atomic mass is 10.1. The molecule has 0 aliphatic carbocycles. The molecule has 2 aromatic carbocycles. The Morgan fingerprint density at radius 1 is 1.00 bits per heavy atom. The maximum Gasteiger partial charge on any atom is 0.242 e. The van der Waals surface area contributed by atoms with Crippen molar-refractivity contribution in [3.8, 4) is 11.5 Å². The third-order valence-corrected chi connectivity index (χ3v) is 7.74. The normalized spacial score (nSPS) is 11.5. The zero-order valence-corrected chi connectivity index (χ0v) is 20.3. The van der Waals surface area contributed by atoms with E-state index < -0.39 is 10.0 Å². The maximum absolute atomic E-state index is 12.9. The maximum atomic E-state index is 12.9. The summed E-state index contributed by atoms with van der Waals surface area (Å²) < 4.78 is 41.9. The fourth-order valence-corrected chi connectivity index (χ4v) is 5.04. The van der Waals surface area contributed by atoms with E-state index in [-0.39, 0.29) is 4.90 Å². The number of aromatic nitrogens is 2. The van der Waals surface area contributed by atoms with Crippen LogP contribution < -0.4 is 14.4 Å². The molecule has 0 amide bonds. The van der Waals surface area contributed by atoms with Gasteiger partial charge in [0.15, 0.2) is 0 Å². The molecule has 3 rings (SSSR count). The molecular formula is C22H28N4O4S2. The number of hydrogen-bond donors (Lipinski definition) is 0. The van der Waals surface area contributed by atoms with Crippen molar-refractivity contribution in [2.75, 3.05) is 45.8 Å². The van der Waals surface area contributed by atoms with E-state index in [9.17, 15) is 8.42 Å². The summed E-state index contributed by atoms with van der Waals surface area (Å²) in [7, 11) is 1.19. The smallest absolute Gasteiger partial charge is 0.242 e. The van der Waals surface area contributed by atoms with Crippen molar-refractivity contribution in [2.45, 2.75) is 18.2 Å². The number of methoxy groups -OCH3 is 2. The van der Waals surface area contributed by atoms with Gasteiger partial charge in [-0.15, -0.1) is 0 Å². The largest absolute Gasteiger partial charge is 0.497 e. The summed E-state index contributed by atoms with van der Waals surface area (Å²) in [6.45, 7) is 3.55. The zero-order valence-electron chi connectivity index (χ0n) is 18.7. The summed E-state index contributed by atoms with van der Waals surface area (Å²) in [4.78, 5) is 6.93. The molecule has 10 heteroatoms. The highest BCUT2D eigenvalue weighted by Gasteiger charge is 2.22. The Hall–Kier alpha value is -2.69. The van der Waals surface area contributed by atoms with Crippen molar-refractivity contribution < 1.29 is 17.9 Å². The second kappa shape index (κ2) is 10.8. The average Bonchev–Trinajstić information content (AvgIpc) is 3.27. The molecule has 0 saturated heterocycles. The first-order valence-electron chi connectivity index (χ1n) is 10.2. The Bertz CT molecular complexity index is 1120. The van der Waals surface area contributed by atoms with E-state index in [0.29, 0.717) is 31.8 Å². The number of ether oxygens (including phenoxy) is 2. The summed E-state index contributed by atoms with van der Waals surface area (Å²) in [6.07, 6.45) is 0.608. The lowest BCUT2D eigenvalue weighted by molar-refractivity contribution is 0.414. The van der Waals surface area contributed by atoms with E-state index in [1.54, 1.807) is 45.5 Å². The minimum absolute atomic E-state index is 0.236. The molecule has 0 fully saturated rings. The fraction of sp³-hybridized carbons (Fsp3) is 0.364. The van der Waals surface area contributed by atoms with Crippen LogP contribution in [-0.4, -0.2) is 63.0 Å². The zero-order chi connectivity index (χ0) is 23.1. The van der Waals surface area contributed by atoms with Crippen LogP contribution >= 0.6 is 11.5 Å². The quantitative estimate of drug-likeness (QED) is 0.420. The molecule has 1 aromatic heterocycles. The van der Waals surface area contributed by atoms with E-state index in [0.717, 1.165) is 22.3 Å². The molecule has 1 heterocycles. The second-order valence-corrected chi connectivity index (χ2v) is 9.88. The van der Waals surface area contributed by atoms with Crippen molar-refractivity contribution >= 4 is 26.7 Å². The molecule has 0 spiro atoms. The molecule has 0 aliphatic rings. The van der Waals surface area contributed by atoms with Gasteiger partial charge in [0, 0.05) is 44.6 Å². The molecule has 0 bridgehead atoms. The van der Waals surface area contributed by atoms with Crippen LogP contribution in [0.2, 0.25) is 0 Å². The van der Waals surface area contributed by atoms with Gasteiger partial charge in [-0.1, -0.05) is 12.1 Å². The number of benzene rings is 2. The van der Waals surface area contributed by atoms with E-state index in [1.165, 1.54) is 15.8 Å². The summed E-state index contributed by atoms with van der Waals surface area (Å²) in [5.41, 5.74) is 1.07. The van der Waals surface area contributed by atoms with Crippen LogP contribution in [0.25, 0.3) is 0 Å². The van der Waals surface area contributed by atoms with Crippen LogP contribution in [0.15, 0.2) is 53.4 Å². The fourth-order valence-electron chi connectivity index (χ4n) is 3.11. The molecule has 172 valence electrons. The van der Waals surface area contributed by atoms with Gasteiger partial charge in [-0.2, -0.15) is 8.68 Å². The van der Waals surface area contributed by atoms with Gasteiger partial charge in [-0.3, -0.25) is 0 Å². The van der Waals surface area contributed by atoms with Gasteiger partial charge >= 0.3 is 0 Å². The second-order valence-electron chi connectivity index (χ2n) is 7.10. The number of rotatable bonds is 11. The summed E-state index contributed by atoms with van der Waals surface area (Å²) in [5, 5.41) is 0.778. The topological polar surface area (TPSA) is 84.9 Å². The SMILES string of the molecule is CCN(CCN(C)S(=O)(=O)c1ccc(OC)cc1)c1nc(Cc2cccc(OC)c2)ns1. The van der Waals surface area contributed by atoms with E-state index in [4.69, 9.17) is 9.47 Å². The summed E-state index contributed by atoms with van der Waals surface area (Å²) >= 11 is 1.32. The minimum Gasteiger partial charge on any atom is -0.497 e. The van der Waals surface area contributed by atoms with Gasteiger partial charge in [0.2, 0.25) is 15.2 Å². The third-order valence-electron chi connectivity index (χ3n) is 5.06. The van der Waals surface area contributed by atoms with Crippen molar-refractivity contribution in [2.24, 2.45) is 0 Å². The Morgan fingerprint density at radius 3 is 2.38 bits per heavy atom. The molecular weight excluding hydrogens is 448 g/mol. The van der Waals surface area contributed by atoms with Gasteiger partial charge in [-0.25, -0.2) is 13.4 Å². The van der Waals surface area contributed by atoms with Crippen LogP contribution in [-0.2, 0) is 16.4 Å². The minimum atomic E-state index is -3.59. The number of likely N-dealkylation sites (N-methyl/N-ethyl adjacent to an activating group) is 2. The third kappa shape index (κ3) is 5.76. The first-order valence-corrected chi connectivity index (χ1v) is 12.4. The Balaban J connectivity index is 1.63. The van der Waals surface area contributed by atoms with Crippen molar-refractivity contribution in [3.05, 3.63) is 59.9 Å². The van der Waals surface area contributed by atoms with Crippen LogP contribution in [0.3, 0.4) is 0 Å². The monoisotopic (exact) mass is 476 g/mol.